The van der Waals surface area contributed by atoms with Crippen LogP contribution in [0, 0.1) is 17.3 Å². The number of hydrogen-bond acceptors (Lipinski definition) is 2. The summed E-state index contributed by atoms with van der Waals surface area (Å²) < 4.78 is 5.43. The Bertz CT molecular complexity index is 352. The first-order valence-corrected chi connectivity index (χ1v) is 5.92. The minimum Gasteiger partial charge on any atom is -0.381 e. The van der Waals surface area contributed by atoms with E-state index in [1.165, 1.54) is 6.08 Å². The zero-order valence-electron chi connectivity index (χ0n) is 10.3. The van der Waals surface area contributed by atoms with Crippen molar-refractivity contribution in [2.45, 2.75) is 32.8 Å². The van der Waals surface area contributed by atoms with Crippen LogP contribution in [-0.2, 0) is 9.53 Å². The number of carbonyl (C=O) groups excluding carboxylic acids is 1. The van der Waals surface area contributed by atoms with E-state index in [2.05, 4.69) is 26.5 Å². The van der Waals surface area contributed by atoms with Crippen molar-refractivity contribution >= 4 is 5.78 Å². The Morgan fingerprint density at radius 2 is 2.25 bits per heavy atom. The Labute approximate surface area is 97.4 Å². The maximum absolute atomic E-state index is 11.8. The molecule has 16 heavy (non-hydrogen) atoms. The van der Waals surface area contributed by atoms with Gasteiger partial charge in [-0.05, 0) is 36.2 Å². The van der Waals surface area contributed by atoms with Crippen LogP contribution in [0.5, 0.6) is 0 Å². The van der Waals surface area contributed by atoms with E-state index in [1.54, 1.807) is 7.11 Å². The average Bonchev–Trinajstić information content (AvgIpc) is 2.76. The summed E-state index contributed by atoms with van der Waals surface area (Å²) in [7, 11) is 1.78. The number of ketones is 1. The molecule has 0 unspecified atom stereocenters. The molecule has 0 spiro atoms. The summed E-state index contributed by atoms with van der Waals surface area (Å²) in [4.78, 5) is 11.8. The molecule has 1 fully saturated rings. The van der Waals surface area contributed by atoms with Crippen LogP contribution in [0.25, 0.3) is 0 Å². The quantitative estimate of drug-likeness (QED) is 0.684. The van der Waals surface area contributed by atoms with Crippen LogP contribution in [0.2, 0.25) is 0 Å². The summed E-state index contributed by atoms with van der Waals surface area (Å²) in [6, 6.07) is 0. The minimum atomic E-state index is -0.0246. The highest BCUT2D eigenvalue weighted by Gasteiger charge is 2.49. The fourth-order valence-electron chi connectivity index (χ4n) is 3.37. The number of methoxy groups -OCH3 is 1. The van der Waals surface area contributed by atoms with Gasteiger partial charge < -0.3 is 4.74 Å². The minimum absolute atomic E-state index is 0.0246. The second-order valence-electron chi connectivity index (χ2n) is 5.47. The summed E-state index contributed by atoms with van der Waals surface area (Å²) >= 11 is 0. The monoisotopic (exact) mass is 220 g/mol. The number of carbonyl (C=O) groups is 1. The van der Waals surface area contributed by atoms with Crippen molar-refractivity contribution in [2.75, 3.05) is 7.11 Å². The molecule has 0 saturated heterocycles. The van der Waals surface area contributed by atoms with Crippen molar-refractivity contribution in [3.05, 3.63) is 24.3 Å². The molecule has 2 nitrogen and oxygen atoms in total. The first-order chi connectivity index (χ1) is 7.50. The molecular formula is C14H20O2. The molecule has 0 amide bonds. The topological polar surface area (TPSA) is 26.3 Å². The van der Waals surface area contributed by atoms with E-state index in [1.807, 2.05) is 0 Å². The predicted octanol–water partition coefficient (Wildman–Crippen LogP) is 2.75. The highest BCUT2D eigenvalue weighted by atomic mass is 16.5. The molecule has 3 atom stereocenters. The van der Waals surface area contributed by atoms with Crippen molar-refractivity contribution in [3.63, 3.8) is 0 Å². The molecule has 88 valence electrons. The van der Waals surface area contributed by atoms with Crippen molar-refractivity contribution in [3.8, 4) is 0 Å². The van der Waals surface area contributed by atoms with Gasteiger partial charge in [-0.25, -0.2) is 0 Å². The molecule has 1 saturated carbocycles. The third-order valence-corrected chi connectivity index (χ3v) is 4.35. The highest BCUT2D eigenvalue weighted by molar-refractivity contribution is 6.05. The predicted molar refractivity (Wildman–Crippen MR) is 64.1 cm³/mol. The third kappa shape index (κ3) is 1.56. The van der Waals surface area contributed by atoms with Crippen molar-refractivity contribution in [2.24, 2.45) is 17.3 Å². The van der Waals surface area contributed by atoms with Crippen LogP contribution in [-0.4, -0.2) is 19.0 Å². The van der Waals surface area contributed by atoms with Crippen molar-refractivity contribution in [1.29, 1.82) is 0 Å². The van der Waals surface area contributed by atoms with Gasteiger partial charge in [-0.15, -0.1) is 0 Å². The van der Waals surface area contributed by atoms with Crippen LogP contribution in [0.1, 0.15) is 26.7 Å². The number of hydrogen-bond donors (Lipinski definition) is 0. The maximum Gasteiger partial charge on any atom is 0.181 e. The summed E-state index contributed by atoms with van der Waals surface area (Å²) in [6.07, 6.45) is 6.08. The van der Waals surface area contributed by atoms with Crippen molar-refractivity contribution in [1.82, 2.24) is 0 Å². The largest absolute Gasteiger partial charge is 0.381 e. The van der Waals surface area contributed by atoms with E-state index < -0.39 is 0 Å². The molecule has 2 heteroatoms. The molecular weight excluding hydrogens is 200 g/mol. The molecule has 2 rings (SSSR count). The molecule has 0 aliphatic heterocycles. The van der Waals surface area contributed by atoms with Gasteiger partial charge in [0.25, 0.3) is 0 Å². The molecule has 0 aromatic rings. The summed E-state index contributed by atoms with van der Waals surface area (Å²) in [5.41, 5.74) is 0.926. The molecule has 0 bridgehead atoms. The molecule has 0 aromatic heterocycles. The number of fused-ring (bicyclic) bond motifs is 1. The first-order valence-electron chi connectivity index (χ1n) is 5.92. The van der Waals surface area contributed by atoms with Crippen LogP contribution < -0.4 is 0 Å². The maximum atomic E-state index is 11.8. The standard InChI is InChI=1S/C14H20O2/c1-5-13(15)12-7-9-6-10(16-4)8-11(9)14(12,2)3/h5,7,9-11H,1,6,8H2,2-4H3/t9-,10-,11-/m1/s1. The van der Waals surface area contributed by atoms with Gasteiger partial charge in [0.2, 0.25) is 0 Å². The average molecular weight is 220 g/mol. The van der Waals surface area contributed by atoms with E-state index in [9.17, 15) is 4.79 Å². The zero-order chi connectivity index (χ0) is 11.9. The Morgan fingerprint density at radius 1 is 1.56 bits per heavy atom. The molecule has 0 aromatic carbocycles. The fourth-order valence-corrected chi connectivity index (χ4v) is 3.37. The smallest absolute Gasteiger partial charge is 0.181 e. The Kier molecular flexibility index (Phi) is 2.79. The van der Waals surface area contributed by atoms with E-state index >= 15 is 0 Å². The molecule has 2 aliphatic rings. The zero-order valence-corrected chi connectivity index (χ0v) is 10.3. The first kappa shape index (κ1) is 11.6. The van der Waals surface area contributed by atoms with Gasteiger partial charge in [0, 0.05) is 12.7 Å². The van der Waals surface area contributed by atoms with Crippen LogP contribution >= 0.6 is 0 Å². The summed E-state index contributed by atoms with van der Waals surface area (Å²) in [5.74, 6) is 1.16. The van der Waals surface area contributed by atoms with Gasteiger partial charge in [0.1, 0.15) is 0 Å². The molecule has 2 aliphatic carbocycles. The third-order valence-electron chi connectivity index (χ3n) is 4.35. The lowest BCUT2D eigenvalue weighted by Gasteiger charge is -2.29. The lowest BCUT2D eigenvalue weighted by atomic mass is 9.74. The van der Waals surface area contributed by atoms with Crippen molar-refractivity contribution < 1.29 is 9.53 Å². The Hall–Kier alpha value is -0.890. The highest BCUT2D eigenvalue weighted by Crippen LogP contribution is 2.54. The number of rotatable bonds is 3. The molecule has 0 heterocycles. The lowest BCUT2D eigenvalue weighted by molar-refractivity contribution is -0.112. The Morgan fingerprint density at radius 3 is 2.75 bits per heavy atom. The van der Waals surface area contributed by atoms with E-state index in [4.69, 9.17) is 4.74 Å². The van der Waals surface area contributed by atoms with Gasteiger partial charge in [-0.3, -0.25) is 4.79 Å². The van der Waals surface area contributed by atoms with Gasteiger partial charge in [-0.2, -0.15) is 0 Å². The van der Waals surface area contributed by atoms with Crippen LogP contribution in [0.4, 0.5) is 0 Å². The van der Waals surface area contributed by atoms with Gasteiger partial charge in [-0.1, -0.05) is 26.5 Å². The second-order valence-corrected chi connectivity index (χ2v) is 5.47. The summed E-state index contributed by atoms with van der Waals surface area (Å²) in [6.45, 7) is 7.92. The van der Waals surface area contributed by atoms with E-state index in [0.29, 0.717) is 17.9 Å². The second kappa shape index (κ2) is 3.85. The van der Waals surface area contributed by atoms with E-state index in [0.717, 1.165) is 18.4 Å². The Balaban J connectivity index is 2.26. The number of ether oxygens (including phenoxy) is 1. The normalized spacial score (nSPS) is 35.7. The summed E-state index contributed by atoms with van der Waals surface area (Å²) in [5, 5.41) is 0. The SMILES string of the molecule is C=CC(=O)C1=C[C@H]2C[C@@H](OC)C[C@H]2C1(C)C. The molecule has 0 radical (unpaired) electrons. The van der Waals surface area contributed by atoms with Crippen LogP contribution in [0.15, 0.2) is 24.3 Å². The lowest BCUT2D eigenvalue weighted by Crippen LogP contribution is -2.26. The van der Waals surface area contributed by atoms with Gasteiger partial charge in [0.15, 0.2) is 5.78 Å². The van der Waals surface area contributed by atoms with Gasteiger partial charge >= 0.3 is 0 Å². The van der Waals surface area contributed by atoms with E-state index in [-0.39, 0.29) is 11.2 Å². The number of allylic oxidation sites excluding steroid dienone is 3. The molecule has 0 N–H and O–H groups in total. The van der Waals surface area contributed by atoms with Crippen LogP contribution in [0.3, 0.4) is 0 Å². The fraction of sp³-hybridized carbons (Fsp3) is 0.643. The van der Waals surface area contributed by atoms with Gasteiger partial charge in [0.05, 0.1) is 6.10 Å².